The number of alkyl halides is 3. The Morgan fingerprint density at radius 1 is 0.850 bits per heavy atom. The molecule has 1 unspecified atom stereocenters. The maximum absolute atomic E-state index is 13.1. The van der Waals surface area contributed by atoms with Gasteiger partial charge in [0, 0.05) is 0 Å². The average molecular weight is 563 g/mol. The number of ether oxygens (including phenoxy) is 4. The summed E-state index contributed by atoms with van der Waals surface area (Å²) in [6, 6.07) is 17.1. The molecular formula is C31H34F4O5. The van der Waals surface area contributed by atoms with Crippen molar-refractivity contribution in [3.05, 3.63) is 78.1 Å². The highest BCUT2D eigenvalue weighted by atomic mass is 19.4. The average Bonchev–Trinajstić information content (AvgIpc) is 2.92. The van der Waals surface area contributed by atoms with Crippen LogP contribution < -0.4 is 14.2 Å². The second-order valence-corrected chi connectivity index (χ2v) is 9.17. The normalized spacial score (nSPS) is 12.1. The SMILES string of the molecule is CCCCC(Oc1cc(-c2ccc(OC(F)(F)F)cc2)ccc1OCCCCc1ccc(F)cc1)C(=O)OCC. The van der Waals surface area contributed by atoms with E-state index in [4.69, 9.17) is 14.2 Å². The monoisotopic (exact) mass is 562 g/mol. The van der Waals surface area contributed by atoms with Crippen LogP contribution in [0.3, 0.4) is 0 Å². The Labute approximate surface area is 232 Å². The number of esters is 1. The van der Waals surface area contributed by atoms with Crippen molar-refractivity contribution < 1.29 is 41.3 Å². The molecule has 0 bridgehead atoms. The Balaban J connectivity index is 1.76. The minimum Gasteiger partial charge on any atom is -0.490 e. The van der Waals surface area contributed by atoms with Crippen molar-refractivity contribution in [1.29, 1.82) is 0 Å². The summed E-state index contributed by atoms with van der Waals surface area (Å²) in [5.41, 5.74) is 2.33. The molecule has 0 N–H and O–H groups in total. The van der Waals surface area contributed by atoms with Crippen LogP contribution in [0.5, 0.6) is 17.2 Å². The summed E-state index contributed by atoms with van der Waals surface area (Å²) in [5.74, 6) is -0.293. The molecule has 40 heavy (non-hydrogen) atoms. The van der Waals surface area contributed by atoms with E-state index >= 15 is 0 Å². The molecule has 0 aliphatic carbocycles. The zero-order valence-corrected chi connectivity index (χ0v) is 22.6. The third kappa shape index (κ3) is 10.1. The molecule has 0 aliphatic rings. The lowest BCUT2D eigenvalue weighted by atomic mass is 10.0. The molecule has 5 nitrogen and oxygen atoms in total. The molecular weight excluding hydrogens is 528 g/mol. The van der Waals surface area contributed by atoms with Gasteiger partial charge in [0.15, 0.2) is 17.6 Å². The van der Waals surface area contributed by atoms with Gasteiger partial charge in [-0.2, -0.15) is 0 Å². The molecule has 0 fully saturated rings. The van der Waals surface area contributed by atoms with E-state index in [0.29, 0.717) is 35.7 Å². The van der Waals surface area contributed by atoms with Crippen molar-refractivity contribution in [3.63, 3.8) is 0 Å². The minimum atomic E-state index is -4.78. The minimum absolute atomic E-state index is 0.217. The Morgan fingerprint density at radius 3 is 2.20 bits per heavy atom. The number of halogens is 4. The first-order valence-corrected chi connectivity index (χ1v) is 13.4. The van der Waals surface area contributed by atoms with Gasteiger partial charge in [0.2, 0.25) is 0 Å². The number of hydrogen-bond donors (Lipinski definition) is 0. The lowest BCUT2D eigenvalue weighted by molar-refractivity contribution is -0.274. The van der Waals surface area contributed by atoms with Gasteiger partial charge in [-0.3, -0.25) is 0 Å². The van der Waals surface area contributed by atoms with Gasteiger partial charge in [-0.25, -0.2) is 9.18 Å². The van der Waals surface area contributed by atoms with E-state index in [2.05, 4.69) is 4.74 Å². The molecule has 3 rings (SSSR count). The highest BCUT2D eigenvalue weighted by Crippen LogP contribution is 2.35. The van der Waals surface area contributed by atoms with Crippen LogP contribution in [0.1, 0.15) is 51.5 Å². The van der Waals surface area contributed by atoms with Crippen molar-refractivity contribution >= 4 is 5.97 Å². The fraction of sp³-hybridized carbons (Fsp3) is 0.387. The van der Waals surface area contributed by atoms with Gasteiger partial charge in [-0.15, -0.1) is 13.2 Å². The predicted molar refractivity (Wildman–Crippen MR) is 144 cm³/mol. The second-order valence-electron chi connectivity index (χ2n) is 9.17. The standard InChI is InChI=1S/C31H34F4O5/c1-3-5-9-28(30(36)37-4-2)39-29-21-24(23-12-17-26(18-13-23)40-31(33,34)35)14-19-27(29)38-20-7-6-8-22-10-15-25(32)16-11-22/h10-19,21,28H,3-9,20H2,1-2H3. The third-order valence-corrected chi connectivity index (χ3v) is 6.03. The quantitative estimate of drug-likeness (QED) is 0.106. The molecule has 0 radical (unpaired) electrons. The maximum Gasteiger partial charge on any atom is 0.573 e. The fourth-order valence-corrected chi connectivity index (χ4v) is 4.02. The van der Waals surface area contributed by atoms with Crippen molar-refractivity contribution in [2.45, 2.75) is 64.8 Å². The smallest absolute Gasteiger partial charge is 0.490 e. The Bertz CT molecular complexity index is 1190. The summed E-state index contributed by atoms with van der Waals surface area (Å²) >= 11 is 0. The topological polar surface area (TPSA) is 54.0 Å². The van der Waals surface area contributed by atoms with E-state index in [1.54, 1.807) is 37.3 Å². The zero-order chi connectivity index (χ0) is 29.0. The van der Waals surface area contributed by atoms with Gasteiger partial charge in [0.1, 0.15) is 11.6 Å². The molecule has 0 amide bonds. The second kappa shape index (κ2) is 15.1. The van der Waals surface area contributed by atoms with Crippen LogP contribution in [0.15, 0.2) is 66.7 Å². The largest absolute Gasteiger partial charge is 0.573 e. The van der Waals surface area contributed by atoms with Gasteiger partial charge in [-0.05, 0) is 92.1 Å². The number of hydrogen-bond acceptors (Lipinski definition) is 5. The fourth-order valence-electron chi connectivity index (χ4n) is 4.02. The van der Waals surface area contributed by atoms with Crippen molar-refractivity contribution in [2.75, 3.05) is 13.2 Å². The van der Waals surface area contributed by atoms with E-state index in [-0.39, 0.29) is 18.2 Å². The third-order valence-electron chi connectivity index (χ3n) is 6.03. The summed E-state index contributed by atoms with van der Waals surface area (Å²) < 4.78 is 72.1. The van der Waals surface area contributed by atoms with Crippen LogP contribution in [-0.2, 0) is 16.0 Å². The Morgan fingerprint density at radius 2 is 1.55 bits per heavy atom. The molecule has 3 aromatic carbocycles. The molecule has 9 heteroatoms. The number of unbranched alkanes of at least 4 members (excludes halogenated alkanes) is 2. The van der Waals surface area contributed by atoms with Crippen LogP contribution >= 0.6 is 0 Å². The summed E-state index contributed by atoms with van der Waals surface area (Å²) in [4.78, 5) is 12.6. The summed E-state index contributed by atoms with van der Waals surface area (Å²) in [6.45, 7) is 4.34. The molecule has 1 atom stereocenters. The number of rotatable bonds is 15. The van der Waals surface area contributed by atoms with E-state index < -0.39 is 18.4 Å². The first-order chi connectivity index (χ1) is 19.2. The van der Waals surface area contributed by atoms with E-state index in [1.807, 2.05) is 6.92 Å². The number of benzene rings is 3. The Kier molecular flexibility index (Phi) is 11.7. The molecule has 0 aliphatic heterocycles. The first kappa shape index (κ1) is 30.8. The van der Waals surface area contributed by atoms with E-state index in [1.165, 1.54) is 36.4 Å². The van der Waals surface area contributed by atoms with Crippen LogP contribution in [0.4, 0.5) is 17.6 Å². The molecule has 3 aromatic rings. The predicted octanol–water partition coefficient (Wildman–Crippen LogP) is 8.29. The highest BCUT2D eigenvalue weighted by Gasteiger charge is 2.31. The number of carbonyl (C=O) groups excluding carboxylic acids is 1. The van der Waals surface area contributed by atoms with Crippen molar-refractivity contribution in [1.82, 2.24) is 0 Å². The first-order valence-electron chi connectivity index (χ1n) is 13.4. The molecule has 0 saturated carbocycles. The Hall–Kier alpha value is -3.75. The number of carbonyl (C=O) groups is 1. The van der Waals surface area contributed by atoms with Gasteiger partial charge >= 0.3 is 12.3 Å². The molecule has 0 spiro atoms. The summed E-state index contributed by atoms with van der Waals surface area (Å²) in [6.07, 6.45) is -1.20. The van der Waals surface area contributed by atoms with Crippen LogP contribution in [0.25, 0.3) is 11.1 Å². The lowest BCUT2D eigenvalue weighted by Gasteiger charge is -2.20. The van der Waals surface area contributed by atoms with Gasteiger partial charge in [0.25, 0.3) is 0 Å². The van der Waals surface area contributed by atoms with Crippen LogP contribution in [-0.4, -0.2) is 31.6 Å². The van der Waals surface area contributed by atoms with E-state index in [0.717, 1.165) is 37.7 Å². The van der Waals surface area contributed by atoms with Crippen LogP contribution in [0.2, 0.25) is 0 Å². The molecule has 0 aromatic heterocycles. The summed E-state index contributed by atoms with van der Waals surface area (Å²) in [7, 11) is 0. The maximum atomic E-state index is 13.1. The highest BCUT2D eigenvalue weighted by molar-refractivity contribution is 5.75. The zero-order valence-electron chi connectivity index (χ0n) is 22.6. The molecule has 0 saturated heterocycles. The van der Waals surface area contributed by atoms with Gasteiger partial charge < -0.3 is 18.9 Å². The van der Waals surface area contributed by atoms with Gasteiger partial charge in [-0.1, -0.05) is 43.7 Å². The lowest BCUT2D eigenvalue weighted by Crippen LogP contribution is -2.29. The van der Waals surface area contributed by atoms with Crippen molar-refractivity contribution in [2.24, 2.45) is 0 Å². The molecule has 0 heterocycles. The van der Waals surface area contributed by atoms with E-state index in [9.17, 15) is 22.4 Å². The van der Waals surface area contributed by atoms with Crippen LogP contribution in [0, 0.1) is 5.82 Å². The molecule has 216 valence electrons. The van der Waals surface area contributed by atoms with Gasteiger partial charge in [0.05, 0.1) is 13.2 Å². The number of aryl methyl sites for hydroxylation is 1. The van der Waals surface area contributed by atoms with Crippen molar-refractivity contribution in [3.8, 4) is 28.4 Å². The summed E-state index contributed by atoms with van der Waals surface area (Å²) in [5, 5.41) is 0.